The number of amides is 1. The maximum Gasteiger partial charge on any atom is 0.274 e. The molecule has 1 aromatic heterocycles. The van der Waals surface area contributed by atoms with E-state index in [-0.39, 0.29) is 17.7 Å². The van der Waals surface area contributed by atoms with Gasteiger partial charge in [0.2, 0.25) is 5.95 Å². The monoisotopic (exact) mass is 372 g/mol. The van der Waals surface area contributed by atoms with Crippen LogP contribution in [0.5, 0.6) is 0 Å². The van der Waals surface area contributed by atoms with E-state index in [1.807, 2.05) is 37.3 Å². The average Bonchev–Trinajstić information content (AvgIpc) is 2.69. The van der Waals surface area contributed by atoms with E-state index in [0.717, 1.165) is 17.7 Å². The number of rotatable bonds is 5. The van der Waals surface area contributed by atoms with Crippen LogP contribution in [0.1, 0.15) is 29.0 Å². The summed E-state index contributed by atoms with van der Waals surface area (Å²) in [6.07, 6.45) is 1.36. The zero-order valence-electron chi connectivity index (χ0n) is 14.2. The van der Waals surface area contributed by atoms with Gasteiger partial charge in [-0.2, -0.15) is 0 Å². The van der Waals surface area contributed by atoms with Crippen LogP contribution in [-0.2, 0) is 0 Å². The summed E-state index contributed by atoms with van der Waals surface area (Å²) < 4.78 is 40.0. The molecule has 138 valence electrons. The lowest BCUT2D eigenvalue weighted by molar-refractivity contribution is 0.102. The van der Waals surface area contributed by atoms with Gasteiger partial charge in [-0.3, -0.25) is 4.79 Å². The Kier molecular flexibility index (Phi) is 5.35. The number of carbonyl (C=O) groups excluding carboxylic acids is 1. The van der Waals surface area contributed by atoms with Crippen LogP contribution in [0.15, 0.2) is 54.7 Å². The Labute approximate surface area is 153 Å². The fourth-order valence-corrected chi connectivity index (χ4v) is 2.38. The number of hydrogen-bond donors (Lipinski definition) is 2. The van der Waals surface area contributed by atoms with E-state index in [4.69, 9.17) is 0 Å². The van der Waals surface area contributed by atoms with Gasteiger partial charge in [0.25, 0.3) is 5.91 Å². The lowest BCUT2D eigenvalue weighted by Gasteiger charge is -2.14. The molecule has 0 aliphatic carbocycles. The van der Waals surface area contributed by atoms with Crippen molar-refractivity contribution in [2.45, 2.75) is 13.0 Å². The Morgan fingerprint density at radius 3 is 2.48 bits per heavy atom. The van der Waals surface area contributed by atoms with Crippen LogP contribution in [0.2, 0.25) is 0 Å². The van der Waals surface area contributed by atoms with Crippen molar-refractivity contribution >= 4 is 17.5 Å². The molecular weight excluding hydrogens is 357 g/mol. The van der Waals surface area contributed by atoms with Crippen molar-refractivity contribution in [1.29, 1.82) is 0 Å². The molecule has 0 saturated heterocycles. The minimum Gasteiger partial charge on any atom is -0.348 e. The summed E-state index contributed by atoms with van der Waals surface area (Å²) in [6, 6.07) is 12.4. The summed E-state index contributed by atoms with van der Waals surface area (Å²) in [5, 5.41) is 5.23. The van der Waals surface area contributed by atoms with Crippen molar-refractivity contribution in [3.63, 3.8) is 0 Å². The van der Waals surface area contributed by atoms with E-state index >= 15 is 0 Å². The molecule has 3 rings (SSSR count). The van der Waals surface area contributed by atoms with Crippen LogP contribution in [0.25, 0.3) is 0 Å². The Balaban J connectivity index is 1.75. The third-order valence-corrected chi connectivity index (χ3v) is 3.82. The smallest absolute Gasteiger partial charge is 0.274 e. The summed E-state index contributed by atoms with van der Waals surface area (Å²) >= 11 is 0. The second-order valence-corrected chi connectivity index (χ2v) is 5.72. The van der Waals surface area contributed by atoms with E-state index in [1.54, 1.807) is 0 Å². The van der Waals surface area contributed by atoms with Crippen molar-refractivity contribution in [3.05, 3.63) is 83.4 Å². The Hall–Kier alpha value is -3.42. The third-order valence-electron chi connectivity index (χ3n) is 3.82. The van der Waals surface area contributed by atoms with Crippen LogP contribution in [0.4, 0.5) is 24.8 Å². The van der Waals surface area contributed by atoms with E-state index in [1.165, 1.54) is 12.3 Å². The molecular formula is C19H15F3N4O. The van der Waals surface area contributed by atoms with Gasteiger partial charge in [0, 0.05) is 6.20 Å². The molecule has 0 aliphatic rings. The molecule has 27 heavy (non-hydrogen) atoms. The van der Waals surface area contributed by atoms with E-state index < -0.39 is 29.0 Å². The second-order valence-electron chi connectivity index (χ2n) is 5.72. The molecule has 1 unspecified atom stereocenters. The fourth-order valence-electron chi connectivity index (χ4n) is 2.38. The van der Waals surface area contributed by atoms with Crippen LogP contribution in [0, 0.1) is 17.5 Å². The number of nitrogens with one attached hydrogen (secondary N) is 2. The van der Waals surface area contributed by atoms with Gasteiger partial charge in [-0.1, -0.05) is 30.3 Å². The number of anilines is 2. The molecule has 1 atom stereocenters. The molecule has 1 heterocycles. The molecule has 0 saturated carbocycles. The molecule has 0 aliphatic heterocycles. The zero-order chi connectivity index (χ0) is 19.4. The van der Waals surface area contributed by atoms with Gasteiger partial charge < -0.3 is 10.6 Å². The van der Waals surface area contributed by atoms with Gasteiger partial charge >= 0.3 is 0 Å². The maximum absolute atomic E-state index is 13.7. The van der Waals surface area contributed by atoms with Crippen LogP contribution in [-0.4, -0.2) is 15.9 Å². The van der Waals surface area contributed by atoms with E-state index in [9.17, 15) is 18.0 Å². The topological polar surface area (TPSA) is 66.9 Å². The summed E-state index contributed by atoms with van der Waals surface area (Å²) in [4.78, 5) is 20.4. The number of nitrogens with zero attached hydrogens (tertiary/aromatic N) is 2. The number of benzene rings is 2. The molecule has 1 amide bonds. The largest absolute Gasteiger partial charge is 0.348 e. The number of aromatic nitrogens is 2. The van der Waals surface area contributed by atoms with E-state index in [0.29, 0.717) is 0 Å². The van der Waals surface area contributed by atoms with Gasteiger partial charge in [0.05, 0.1) is 11.7 Å². The first kappa shape index (κ1) is 18.4. The van der Waals surface area contributed by atoms with Gasteiger partial charge in [-0.15, -0.1) is 0 Å². The molecule has 0 fully saturated rings. The number of carbonyl (C=O) groups is 1. The van der Waals surface area contributed by atoms with Crippen molar-refractivity contribution in [2.24, 2.45) is 0 Å². The zero-order valence-corrected chi connectivity index (χ0v) is 14.2. The fraction of sp³-hybridized carbons (Fsp3) is 0.105. The standard InChI is InChI=1S/C19H15F3N4O/c1-11(12-5-3-2-4-6-12)24-19-23-10-9-15(26-19)18(27)25-14-8-7-13(20)16(21)17(14)22/h2-11H,1H3,(H,25,27)(H,23,24,26). The Morgan fingerprint density at radius 2 is 1.74 bits per heavy atom. The lowest BCUT2D eigenvalue weighted by Crippen LogP contribution is -2.17. The third kappa shape index (κ3) is 4.22. The van der Waals surface area contributed by atoms with Crippen molar-refractivity contribution < 1.29 is 18.0 Å². The van der Waals surface area contributed by atoms with Crippen LogP contribution >= 0.6 is 0 Å². The van der Waals surface area contributed by atoms with Crippen molar-refractivity contribution in [1.82, 2.24) is 9.97 Å². The van der Waals surface area contributed by atoms with Gasteiger partial charge in [-0.25, -0.2) is 23.1 Å². The van der Waals surface area contributed by atoms with Gasteiger partial charge in [0.15, 0.2) is 17.5 Å². The highest BCUT2D eigenvalue weighted by Gasteiger charge is 2.17. The van der Waals surface area contributed by atoms with E-state index in [2.05, 4.69) is 20.6 Å². The molecule has 0 bridgehead atoms. The van der Waals surface area contributed by atoms with Crippen molar-refractivity contribution in [2.75, 3.05) is 10.6 Å². The Bertz CT molecular complexity index is 966. The SMILES string of the molecule is CC(Nc1nccc(C(=O)Nc2ccc(F)c(F)c2F)n1)c1ccccc1. The summed E-state index contributed by atoms with van der Waals surface area (Å²) in [5.41, 5.74) is 0.460. The second kappa shape index (κ2) is 7.86. The lowest BCUT2D eigenvalue weighted by atomic mass is 10.1. The minimum absolute atomic E-state index is 0.0584. The van der Waals surface area contributed by atoms with Crippen LogP contribution in [0.3, 0.4) is 0 Å². The predicted molar refractivity (Wildman–Crippen MR) is 94.8 cm³/mol. The van der Waals surface area contributed by atoms with Crippen molar-refractivity contribution in [3.8, 4) is 0 Å². The molecule has 0 radical (unpaired) electrons. The number of hydrogen-bond acceptors (Lipinski definition) is 4. The van der Waals surface area contributed by atoms with Crippen LogP contribution < -0.4 is 10.6 Å². The predicted octanol–water partition coefficient (Wildman–Crippen LogP) is 4.32. The quantitative estimate of drug-likeness (QED) is 0.655. The minimum atomic E-state index is -1.66. The molecule has 8 heteroatoms. The summed E-state index contributed by atoms with van der Waals surface area (Å²) in [7, 11) is 0. The molecule has 2 aromatic carbocycles. The average molecular weight is 372 g/mol. The highest BCUT2D eigenvalue weighted by atomic mass is 19.2. The van der Waals surface area contributed by atoms with Gasteiger partial charge in [0.1, 0.15) is 5.69 Å². The normalized spacial score (nSPS) is 11.7. The molecule has 3 aromatic rings. The first-order valence-electron chi connectivity index (χ1n) is 8.05. The molecule has 2 N–H and O–H groups in total. The highest BCUT2D eigenvalue weighted by molar-refractivity contribution is 6.03. The maximum atomic E-state index is 13.7. The number of halogens is 3. The first-order valence-corrected chi connectivity index (χ1v) is 8.05. The van der Waals surface area contributed by atoms with Gasteiger partial charge in [-0.05, 0) is 30.7 Å². The summed E-state index contributed by atoms with van der Waals surface area (Å²) in [5.74, 6) is -5.06. The highest BCUT2D eigenvalue weighted by Crippen LogP contribution is 2.20. The molecule has 0 spiro atoms. The Morgan fingerprint density at radius 1 is 1.00 bits per heavy atom. The molecule has 5 nitrogen and oxygen atoms in total. The first-order chi connectivity index (χ1) is 13.0. The summed E-state index contributed by atoms with van der Waals surface area (Å²) in [6.45, 7) is 1.90.